The van der Waals surface area contributed by atoms with E-state index in [-0.39, 0.29) is 5.56 Å². The third-order valence-electron chi connectivity index (χ3n) is 2.95. The molecule has 1 aromatic carbocycles. The largest absolute Gasteiger partial charge is 0.389 e. The first-order valence-electron chi connectivity index (χ1n) is 5.91. The van der Waals surface area contributed by atoms with Gasteiger partial charge in [0.15, 0.2) is 0 Å². The predicted octanol–water partition coefficient (Wildman–Crippen LogP) is 1.54. The molecule has 5 heteroatoms. The summed E-state index contributed by atoms with van der Waals surface area (Å²) in [5.74, 6) is 0. The van der Waals surface area contributed by atoms with Gasteiger partial charge in [0.2, 0.25) is 0 Å². The van der Waals surface area contributed by atoms with Crippen molar-refractivity contribution in [1.82, 2.24) is 9.78 Å². The molecule has 0 spiro atoms. The minimum atomic E-state index is -0.108. The van der Waals surface area contributed by atoms with Gasteiger partial charge in [-0.25, -0.2) is 4.68 Å². The Morgan fingerprint density at radius 3 is 2.68 bits per heavy atom. The van der Waals surface area contributed by atoms with Crippen LogP contribution in [0.25, 0.3) is 0 Å². The normalized spacial score (nSPS) is 10.4. The van der Waals surface area contributed by atoms with Gasteiger partial charge in [-0.15, -0.1) is 0 Å². The highest BCUT2D eigenvalue weighted by Gasteiger charge is 2.05. The lowest BCUT2D eigenvalue weighted by atomic mass is 10.1. The van der Waals surface area contributed by atoms with Crippen LogP contribution in [0.1, 0.15) is 22.4 Å². The first-order chi connectivity index (χ1) is 8.97. The minimum Gasteiger partial charge on any atom is -0.389 e. The Balaban J connectivity index is 2.36. The van der Waals surface area contributed by atoms with Crippen molar-refractivity contribution in [2.45, 2.75) is 20.4 Å². The van der Waals surface area contributed by atoms with E-state index in [0.29, 0.717) is 11.5 Å². The molecule has 98 valence electrons. The number of aryl methyl sites for hydroxylation is 2. The molecule has 1 heterocycles. The van der Waals surface area contributed by atoms with Gasteiger partial charge in [-0.2, -0.15) is 5.10 Å². The summed E-state index contributed by atoms with van der Waals surface area (Å²) in [7, 11) is 0. The summed E-state index contributed by atoms with van der Waals surface area (Å²) in [5, 5.41) is 4.22. The molecule has 0 atom stereocenters. The molecule has 0 saturated heterocycles. The van der Waals surface area contributed by atoms with E-state index in [1.54, 1.807) is 6.07 Å². The fraction of sp³-hybridized carbons (Fsp3) is 0.214. The molecule has 0 unspecified atom stereocenters. The van der Waals surface area contributed by atoms with E-state index in [2.05, 4.69) is 5.10 Å². The van der Waals surface area contributed by atoms with Crippen LogP contribution in [-0.2, 0) is 6.54 Å². The Morgan fingerprint density at radius 2 is 2.05 bits per heavy atom. The van der Waals surface area contributed by atoms with E-state index in [1.165, 1.54) is 10.7 Å². The standard InChI is InChI=1S/C14H15N3OS/c1-9-7-11(14(15)19)4-5-12(9)8-17-13(18)6-3-10(2)16-17/h3-7H,8H2,1-2H3,(H2,15,19). The lowest BCUT2D eigenvalue weighted by Gasteiger charge is -2.09. The zero-order valence-electron chi connectivity index (χ0n) is 10.9. The molecular formula is C14H15N3OS. The molecule has 0 saturated carbocycles. The summed E-state index contributed by atoms with van der Waals surface area (Å²) in [5.41, 5.74) is 9.21. The van der Waals surface area contributed by atoms with E-state index in [0.717, 1.165) is 22.4 Å². The Kier molecular flexibility index (Phi) is 3.76. The molecule has 0 amide bonds. The van der Waals surface area contributed by atoms with Crippen molar-refractivity contribution in [2.75, 3.05) is 0 Å². The molecule has 0 fully saturated rings. The minimum absolute atomic E-state index is 0.108. The average Bonchev–Trinajstić information content (AvgIpc) is 2.36. The Labute approximate surface area is 116 Å². The number of hydrogen-bond acceptors (Lipinski definition) is 3. The zero-order valence-corrected chi connectivity index (χ0v) is 11.7. The van der Waals surface area contributed by atoms with Gasteiger partial charge >= 0.3 is 0 Å². The van der Waals surface area contributed by atoms with Gasteiger partial charge in [0.05, 0.1) is 12.2 Å². The van der Waals surface area contributed by atoms with Gasteiger partial charge in [0, 0.05) is 11.6 Å². The molecule has 0 aliphatic carbocycles. The fourth-order valence-electron chi connectivity index (χ4n) is 1.85. The smallest absolute Gasteiger partial charge is 0.267 e. The van der Waals surface area contributed by atoms with Crippen molar-refractivity contribution in [3.05, 3.63) is 63.1 Å². The van der Waals surface area contributed by atoms with Crippen LogP contribution in [0.2, 0.25) is 0 Å². The van der Waals surface area contributed by atoms with E-state index >= 15 is 0 Å². The van der Waals surface area contributed by atoms with E-state index in [4.69, 9.17) is 18.0 Å². The summed E-state index contributed by atoms with van der Waals surface area (Å²) in [6.45, 7) is 4.28. The zero-order chi connectivity index (χ0) is 14.0. The fourth-order valence-corrected chi connectivity index (χ4v) is 1.98. The van der Waals surface area contributed by atoms with Crippen molar-refractivity contribution in [3.63, 3.8) is 0 Å². The van der Waals surface area contributed by atoms with Crippen molar-refractivity contribution in [2.24, 2.45) is 5.73 Å². The molecule has 0 aliphatic rings. The SMILES string of the molecule is Cc1ccc(=O)n(Cc2ccc(C(N)=S)cc2C)n1. The number of aromatic nitrogens is 2. The highest BCUT2D eigenvalue weighted by atomic mass is 32.1. The van der Waals surface area contributed by atoms with Gasteiger partial charge in [-0.3, -0.25) is 4.79 Å². The molecule has 19 heavy (non-hydrogen) atoms. The van der Waals surface area contributed by atoms with Crippen LogP contribution >= 0.6 is 12.2 Å². The molecular weight excluding hydrogens is 258 g/mol. The van der Waals surface area contributed by atoms with Crippen molar-refractivity contribution < 1.29 is 0 Å². The van der Waals surface area contributed by atoms with Crippen LogP contribution in [-0.4, -0.2) is 14.8 Å². The van der Waals surface area contributed by atoms with E-state index < -0.39 is 0 Å². The summed E-state index contributed by atoms with van der Waals surface area (Å²) >= 11 is 4.94. The molecule has 0 radical (unpaired) electrons. The van der Waals surface area contributed by atoms with E-state index in [1.807, 2.05) is 32.0 Å². The summed E-state index contributed by atoms with van der Waals surface area (Å²) in [6, 6.07) is 8.97. The monoisotopic (exact) mass is 273 g/mol. The third-order valence-corrected chi connectivity index (χ3v) is 3.18. The number of rotatable bonds is 3. The Hall–Kier alpha value is -2.01. The topological polar surface area (TPSA) is 60.9 Å². The number of hydrogen-bond donors (Lipinski definition) is 1. The quantitative estimate of drug-likeness (QED) is 0.862. The maximum Gasteiger partial charge on any atom is 0.267 e. The van der Waals surface area contributed by atoms with Gasteiger partial charge in [0.1, 0.15) is 4.99 Å². The Morgan fingerprint density at radius 1 is 1.32 bits per heavy atom. The van der Waals surface area contributed by atoms with Gasteiger partial charge in [-0.05, 0) is 37.1 Å². The summed E-state index contributed by atoms with van der Waals surface area (Å²) < 4.78 is 1.46. The molecule has 2 aromatic rings. The van der Waals surface area contributed by atoms with Gasteiger partial charge in [0.25, 0.3) is 5.56 Å². The van der Waals surface area contributed by atoms with Crippen molar-refractivity contribution >= 4 is 17.2 Å². The lowest BCUT2D eigenvalue weighted by molar-refractivity contribution is 0.626. The van der Waals surface area contributed by atoms with Crippen LogP contribution in [0.5, 0.6) is 0 Å². The second kappa shape index (κ2) is 5.32. The van der Waals surface area contributed by atoms with Crippen LogP contribution in [0.4, 0.5) is 0 Å². The molecule has 0 bridgehead atoms. The summed E-state index contributed by atoms with van der Waals surface area (Å²) in [6.07, 6.45) is 0. The van der Waals surface area contributed by atoms with Crippen LogP contribution < -0.4 is 11.3 Å². The lowest BCUT2D eigenvalue weighted by Crippen LogP contribution is -2.23. The van der Waals surface area contributed by atoms with Crippen molar-refractivity contribution in [3.8, 4) is 0 Å². The second-order valence-corrected chi connectivity index (χ2v) is 4.92. The first-order valence-corrected chi connectivity index (χ1v) is 6.32. The average molecular weight is 273 g/mol. The molecule has 2 N–H and O–H groups in total. The van der Waals surface area contributed by atoms with E-state index in [9.17, 15) is 4.79 Å². The highest BCUT2D eigenvalue weighted by molar-refractivity contribution is 7.80. The highest BCUT2D eigenvalue weighted by Crippen LogP contribution is 2.12. The van der Waals surface area contributed by atoms with Crippen LogP contribution in [0, 0.1) is 13.8 Å². The van der Waals surface area contributed by atoms with Gasteiger partial charge in [-0.1, -0.05) is 24.4 Å². The number of benzene rings is 1. The second-order valence-electron chi connectivity index (χ2n) is 4.48. The molecule has 1 aromatic heterocycles. The maximum atomic E-state index is 11.7. The number of thiocarbonyl (C=S) groups is 1. The molecule has 2 rings (SSSR count). The maximum absolute atomic E-state index is 11.7. The van der Waals surface area contributed by atoms with Gasteiger partial charge < -0.3 is 5.73 Å². The number of nitrogens with two attached hydrogens (primary N) is 1. The predicted molar refractivity (Wildman–Crippen MR) is 79.4 cm³/mol. The number of nitrogens with zero attached hydrogens (tertiary/aromatic N) is 2. The first kappa shape index (κ1) is 13.4. The van der Waals surface area contributed by atoms with Crippen molar-refractivity contribution in [1.29, 1.82) is 0 Å². The van der Waals surface area contributed by atoms with Crippen LogP contribution in [0.3, 0.4) is 0 Å². The third kappa shape index (κ3) is 3.06. The van der Waals surface area contributed by atoms with Crippen LogP contribution in [0.15, 0.2) is 35.1 Å². The Bertz CT molecular complexity index is 691. The molecule has 0 aliphatic heterocycles. The molecule has 4 nitrogen and oxygen atoms in total. The summed E-state index contributed by atoms with van der Waals surface area (Å²) in [4.78, 5) is 12.1.